The van der Waals surface area contributed by atoms with E-state index >= 15 is 0 Å². The highest BCUT2D eigenvalue weighted by molar-refractivity contribution is 7.91. The number of fused-ring (bicyclic) bond motifs is 1. The number of hydrogen-bond acceptors (Lipinski definition) is 4. The first kappa shape index (κ1) is 18.0. The average molecular weight is 370 g/mol. The second-order valence-corrected chi connectivity index (χ2v) is 7.24. The molecule has 0 fully saturated rings. The van der Waals surface area contributed by atoms with E-state index in [1.54, 1.807) is 42.5 Å². The van der Waals surface area contributed by atoms with Crippen LogP contribution in [-0.4, -0.2) is 33.4 Å². The molecular formula is C19H18N2O4S. The summed E-state index contributed by atoms with van der Waals surface area (Å²) in [7, 11) is 3.05. The molecule has 6 nitrogen and oxygen atoms in total. The summed E-state index contributed by atoms with van der Waals surface area (Å²) >= 11 is -1.40. The van der Waals surface area contributed by atoms with E-state index in [-0.39, 0.29) is 10.9 Å². The van der Waals surface area contributed by atoms with Crippen molar-refractivity contribution in [2.75, 3.05) is 18.2 Å². The molecule has 0 spiro atoms. The molecule has 0 aliphatic carbocycles. The van der Waals surface area contributed by atoms with Gasteiger partial charge in [0.25, 0.3) is 11.5 Å². The van der Waals surface area contributed by atoms with Crippen molar-refractivity contribution in [3.63, 3.8) is 0 Å². The van der Waals surface area contributed by atoms with Crippen LogP contribution in [0.5, 0.6) is 5.75 Å². The lowest BCUT2D eigenvalue weighted by Gasteiger charge is -2.19. The van der Waals surface area contributed by atoms with Crippen molar-refractivity contribution < 1.29 is 14.5 Å². The van der Waals surface area contributed by atoms with E-state index in [9.17, 15) is 19.2 Å². The minimum Gasteiger partial charge on any atom is -0.612 e. The summed E-state index contributed by atoms with van der Waals surface area (Å²) in [5.41, 5.74) is 0.0524. The van der Waals surface area contributed by atoms with Crippen LogP contribution in [-0.2, 0) is 18.2 Å². The SMILES string of the molecule is CN(C(=O)c1c(O)c2c([S+](C)[O-])cccc2n(C)c1=O)c1ccccc1. The summed E-state index contributed by atoms with van der Waals surface area (Å²) in [6, 6.07) is 13.7. The number of hydrogen-bond donors (Lipinski definition) is 1. The lowest BCUT2D eigenvalue weighted by atomic mass is 10.1. The predicted octanol–water partition coefficient (Wildman–Crippen LogP) is 2.26. The minimum atomic E-state index is -1.40. The second-order valence-electron chi connectivity index (χ2n) is 5.89. The van der Waals surface area contributed by atoms with Crippen LogP contribution in [0.25, 0.3) is 10.9 Å². The molecule has 1 atom stereocenters. The zero-order valence-electron chi connectivity index (χ0n) is 14.6. The Morgan fingerprint density at radius 2 is 1.81 bits per heavy atom. The number of amides is 1. The number of aryl methyl sites for hydroxylation is 1. The Morgan fingerprint density at radius 3 is 2.42 bits per heavy atom. The van der Waals surface area contributed by atoms with Crippen LogP contribution in [0.4, 0.5) is 5.69 Å². The maximum atomic E-state index is 12.9. The molecule has 0 aliphatic rings. The molecule has 26 heavy (non-hydrogen) atoms. The minimum absolute atomic E-state index is 0.250. The van der Waals surface area contributed by atoms with Gasteiger partial charge in [0.05, 0.1) is 10.9 Å². The first-order chi connectivity index (χ1) is 12.3. The van der Waals surface area contributed by atoms with Crippen molar-refractivity contribution in [1.29, 1.82) is 0 Å². The van der Waals surface area contributed by atoms with Gasteiger partial charge in [-0.1, -0.05) is 24.3 Å². The fourth-order valence-electron chi connectivity index (χ4n) is 2.91. The zero-order valence-corrected chi connectivity index (χ0v) is 15.4. The quantitative estimate of drug-likeness (QED) is 0.717. The van der Waals surface area contributed by atoms with Gasteiger partial charge < -0.3 is 19.1 Å². The van der Waals surface area contributed by atoms with Crippen molar-refractivity contribution in [2.24, 2.45) is 7.05 Å². The molecule has 7 heteroatoms. The van der Waals surface area contributed by atoms with Gasteiger partial charge in [-0.3, -0.25) is 9.59 Å². The molecule has 0 aliphatic heterocycles. The Kier molecular flexibility index (Phi) is 4.76. The van der Waals surface area contributed by atoms with E-state index in [0.29, 0.717) is 16.1 Å². The third kappa shape index (κ3) is 2.85. The normalized spacial score (nSPS) is 12.2. The van der Waals surface area contributed by atoms with E-state index in [4.69, 9.17) is 0 Å². The molecule has 1 amide bonds. The van der Waals surface area contributed by atoms with Crippen LogP contribution in [0.1, 0.15) is 10.4 Å². The smallest absolute Gasteiger partial charge is 0.267 e. The van der Waals surface area contributed by atoms with Crippen LogP contribution in [0, 0.1) is 0 Å². The number of rotatable bonds is 3. The molecule has 134 valence electrons. The van der Waals surface area contributed by atoms with Gasteiger partial charge in [0.1, 0.15) is 17.6 Å². The molecule has 0 radical (unpaired) electrons. The first-order valence-electron chi connectivity index (χ1n) is 7.85. The number of aromatic nitrogens is 1. The fourth-order valence-corrected chi connectivity index (χ4v) is 3.67. The van der Waals surface area contributed by atoms with E-state index in [2.05, 4.69) is 0 Å². The molecule has 1 aromatic heterocycles. The Morgan fingerprint density at radius 1 is 1.15 bits per heavy atom. The van der Waals surface area contributed by atoms with E-state index < -0.39 is 28.4 Å². The highest BCUT2D eigenvalue weighted by Gasteiger charge is 2.27. The number of benzene rings is 2. The van der Waals surface area contributed by atoms with Gasteiger partial charge in [0, 0.05) is 19.8 Å². The highest BCUT2D eigenvalue weighted by Crippen LogP contribution is 2.32. The molecule has 3 aromatic rings. The fraction of sp³-hybridized carbons (Fsp3) is 0.158. The maximum Gasteiger partial charge on any atom is 0.267 e. The Balaban J connectivity index is 2.28. The monoisotopic (exact) mass is 370 g/mol. The second kappa shape index (κ2) is 6.86. The topological polar surface area (TPSA) is 85.6 Å². The molecule has 1 heterocycles. The number of pyridine rings is 1. The van der Waals surface area contributed by atoms with Crippen LogP contribution >= 0.6 is 0 Å². The molecule has 0 saturated heterocycles. The summed E-state index contributed by atoms with van der Waals surface area (Å²) in [6.45, 7) is 0. The van der Waals surface area contributed by atoms with E-state index in [1.165, 1.54) is 29.8 Å². The lowest BCUT2D eigenvalue weighted by Crippen LogP contribution is -2.34. The van der Waals surface area contributed by atoms with Gasteiger partial charge >= 0.3 is 0 Å². The van der Waals surface area contributed by atoms with Crippen LogP contribution < -0.4 is 10.5 Å². The van der Waals surface area contributed by atoms with Crippen molar-refractivity contribution in [2.45, 2.75) is 4.90 Å². The van der Waals surface area contributed by atoms with E-state index in [1.807, 2.05) is 6.07 Å². The summed E-state index contributed by atoms with van der Waals surface area (Å²) in [5, 5.41) is 11.0. The highest BCUT2D eigenvalue weighted by atomic mass is 32.2. The largest absolute Gasteiger partial charge is 0.612 e. The van der Waals surface area contributed by atoms with Crippen LogP contribution in [0.3, 0.4) is 0 Å². The zero-order chi connectivity index (χ0) is 19.0. The molecule has 0 saturated carbocycles. The number of nitrogens with zero attached hydrogens (tertiary/aromatic N) is 2. The Hall–Kier alpha value is -2.77. The average Bonchev–Trinajstić information content (AvgIpc) is 2.65. The number of carbonyl (C=O) groups excluding carboxylic acids is 1. The van der Waals surface area contributed by atoms with Crippen LogP contribution in [0.2, 0.25) is 0 Å². The number of aromatic hydroxyl groups is 1. The number of carbonyl (C=O) groups is 1. The third-order valence-electron chi connectivity index (χ3n) is 4.33. The maximum absolute atomic E-state index is 12.9. The van der Waals surface area contributed by atoms with Gasteiger partial charge in [-0.15, -0.1) is 0 Å². The Labute approximate surface area is 153 Å². The predicted molar refractivity (Wildman–Crippen MR) is 102 cm³/mol. The molecule has 1 N–H and O–H groups in total. The third-order valence-corrected chi connectivity index (χ3v) is 5.29. The van der Waals surface area contributed by atoms with Gasteiger partial charge in [-0.25, -0.2) is 0 Å². The van der Waals surface area contributed by atoms with Crippen molar-refractivity contribution in [3.05, 3.63) is 64.4 Å². The molecule has 1 unspecified atom stereocenters. The van der Waals surface area contributed by atoms with Gasteiger partial charge in [0.15, 0.2) is 4.90 Å². The summed E-state index contributed by atoms with van der Waals surface area (Å²) in [5.74, 6) is -1.07. The molecule has 0 bridgehead atoms. The molecule has 2 aromatic carbocycles. The first-order valence-corrected chi connectivity index (χ1v) is 9.41. The van der Waals surface area contributed by atoms with Crippen molar-refractivity contribution in [1.82, 2.24) is 4.57 Å². The summed E-state index contributed by atoms with van der Waals surface area (Å²) < 4.78 is 13.4. The molecule has 3 rings (SSSR count). The standard InChI is InChI=1S/C19H18N2O4S/c1-20(12-8-5-4-6-9-12)18(23)16-17(22)15-13(21(2)19(16)24)10-7-11-14(15)26(3)25/h4-11,22H,1-3H3. The van der Waals surface area contributed by atoms with Gasteiger partial charge in [-0.05, 0) is 35.4 Å². The van der Waals surface area contributed by atoms with Crippen molar-refractivity contribution in [3.8, 4) is 5.75 Å². The van der Waals surface area contributed by atoms with Gasteiger partial charge in [0.2, 0.25) is 0 Å². The number of para-hydroxylation sites is 1. The van der Waals surface area contributed by atoms with E-state index in [0.717, 1.165) is 0 Å². The summed E-state index contributed by atoms with van der Waals surface area (Å²) in [6.07, 6.45) is 1.48. The van der Waals surface area contributed by atoms with Crippen molar-refractivity contribution >= 4 is 33.7 Å². The Bertz CT molecular complexity index is 1040. The van der Waals surface area contributed by atoms with Gasteiger partial charge in [-0.2, -0.15) is 0 Å². The molecular weight excluding hydrogens is 352 g/mol. The summed E-state index contributed by atoms with van der Waals surface area (Å²) in [4.78, 5) is 27.3. The van der Waals surface area contributed by atoms with Crippen LogP contribution in [0.15, 0.2) is 58.2 Å². The number of anilines is 1. The lowest BCUT2D eigenvalue weighted by molar-refractivity contribution is 0.0988.